The third kappa shape index (κ3) is 1.98. The molecule has 0 aliphatic rings. The van der Waals surface area contributed by atoms with E-state index < -0.39 is 0 Å². The number of rotatable bonds is 1. The van der Waals surface area contributed by atoms with Crippen molar-refractivity contribution in [3.05, 3.63) is 59.5 Å². The number of benzene rings is 1. The van der Waals surface area contributed by atoms with Gasteiger partial charge in [-0.3, -0.25) is 4.98 Å². The fourth-order valence-electron chi connectivity index (χ4n) is 2.73. The molecule has 0 saturated heterocycles. The molecule has 3 nitrogen and oxygen atoms in total. The molecule has 4 heteroatoms. The van der Waals surface area contributed by atoms with E-state index in [1.807, 2.05) is 37.4 Å². The number of aromatic amines is 1. The standard InChI is InChI=1S/C17H12ClN3/c1-10-6-13(12-4-2-3-5-16(12)21-10)15-9-20-17-14(15)7-11(18)8-19-17/h2-9H,1H3,(H,19,20). The van der Waals surface area contributed by atoms with Crippen molar-refractivity contribution >= 4 is 33.5 Å². The number of aromatic nitrogens is 3. The monoisotopic (exact) mass is 293 g/mol. The summed E-state index contributed by atoms with van der Waals surface area (Å²) in [6.07, 6.45) is 3.63. The Labute approximate surface area is 126 Å². The van der Waals surface area contributed by atoms with E-state index in [0.29, 0.717) is 5.02 Å². The van der Waals surface area contributed by atoms with E-state index >= 15 is 0 Å². The SMILES string of the molecule is Cc1cc(-c2c[nH]c3ncc(Cl)cc23)c2ccccc2n1. The summed E-state index contributed by atoms with van der Waals surface area (Å²) < 4.78 is 0. The molecule has 21 heavy (non-hydrogen) atoms. The minimum Gasteiger partial charge on any atom is -0.346 e. The van der Waals surface area contributed by atoms with Crippen LogP contribution in [0.4, 0.5) is 0 Å². The summed E-state index contributed by atoms with van der Waals surface area (Å²) in [6, 6.07) is 12.2. The molecule has 0 amide bonds. The van der Waals surface area contributed by atoms with Crippen LogP contribution in [0.2, 0.25) is 5.02 Å². The summed E-state index contributed by atoms with van der Waals surface area (Å²) in [5.74, 6) is 0. The van der Waals surface area contributed by atoms with Crippen molar-refractivity contribution in [2.24, 2.45) is 0 Å². The quantitative estimate of drug-likeness (QED) is 0.551. The number of nitrogens with zero attached hydrogens (tertiary/aromatic N) is 2. The maximum atomic E-state index is 6.10. The summed E-state index contributed by atoms with van der Waals surface area (Å²) in [6.45, 7) is 2.01. The van der Waals surface area contributed by atoms with E-state index in [1.54, 1.807) is 6.20 Å². The number of halogens is 1. The number of pyridine rings is 2. The van der Waals surface area contributed by atoms with Gasteiger partial charge >= 0.3 is 0 Å². The highest BCUT2D eigenvalue weighted by Crippen LogP contribution is 2.34. The minimum absolute atomic E-state index is 0.637. The van der Waals surface area contributed by atoms with Crippen molar-refractivity contribution < 1.29 is 0 Å². The summed E-state index contributed by atoms with van der Waals surface area (Å²) in [4.78, 5) is 12.1. The molecule has 0 aliphatic heterocycles. The fourth-order valence-corrected chi connectivity index (χ4v) is 2.89. The van der Waals surface area contributed by atoms with Gasteiger partial charge in [-0.15, -0.1) is 0 Å². The highest BCUT2D eigenvalue weighted by molar-refractivity contribution is 6.31. The lowest BCUT2D eigenvalue weighted by molar-refractivity contribution is 1.26. The van der Waals surface area contributed by atoms with E-state index in [9.17, 15) is 0 Å². The van der Waals surface area contributed by atoms with Gasteiger partial charge in [-0.2, -0.15) is 0 Å². The molecule has 0 atom stereocenters. The third-order valence-electron chi connectivity index (χ3n) is 3.63. The Morgan fingerprint density at radius 1 is 1.05 bits per heavy atom. The van der Waals surface area contributed by atoms with Crippen LogP contribution in [0.3, 0.4) is 0 Å². The molecule has 0 aliphatic carbocycles. The Morgan fingerprint density at radius 2 is 1.90 bits per heavy atom. The van der Waals surface area contributed by atoms with Crippen LogP contribution in [-0.4, -0.2) is 15.0 Å². The molecular formula is C17H12ClN3. The molecule has 0 unspecified atom stereocenters. The number of fused-ring (bicyclic) bond motifs is 2. The average Bonchev–Trinajstić information content (AvgIpc) is 2.89. The zero-order chi connectivity index (χ0) is 14.4. The molecule has 4 rings (SSSR count). The van der Waals surface area contributed by atoms with E-state index in [2.05, 4.69) is 27.1 Å². The number of aryl methyl sites for hydroxylation is 1. The molecule has 0 spiro atoms. The predicted molar refractivity (Wildman–Crippen MR) is 86.6 cm³/mol. The van der Waals surface area contributed by atoms with Crippen LogP contribution in [0.1, 0.15) is 5.69 Å². The fraction of sp³-hybridized carbons (Fsp3) is 0.0588. The summed E-state index contributed by atoms with van der Waals surface area (Å²) in [7, 11) is 0. The van der Waals surface area contributed by atoms with Gasteiger partial charge in [0.25, 0.3) is 0 Å². The second-order valence-electron chi connectivity index (χ2n) is 5.08. The van der Waals surface area contributed by atoms with Crippen LogP contribution in [0.25, 0.3) is 33.1 Å². The Hall–Kier alpha value is -2.39. The molecule has 0 fully saturated rings. The molecule has 3 heterocycles. The van der Waals surface area contributed by atoms with Crippen LogP contribution >= 0.6 is 11.6 Å². The van der Waals surface area contributed by atoms with Crippen LogP contribution in [0.5, 0.6) is 0 Å². The molecule has 3 aromatic heterocycles. The lowest BCUT2D eigenvalue weighted by Gasteiger charge is -2.07. The smallest absolute Gasteiger partial charge is 0.137 e. The highest BCUT2D eigenvalue weighted by atomic mass is 35.5. The molecule has 102 valence electrons. The van der Waals surface area contributed by atoms with E-state index in [0.717, 1.165) is 38.8 Å². The first-order valence-corrected chi connectivity index (χ1v) is 7.09. The van der Waals surface area contributed by atoms with Gasteiger partial charge in [-0.05, 0) is 30.7 Å². The van der Waals surface area contributed by atoms with Gasteiger partial charge in [0.15, 0.2) is 0 Å². The average molecular weight is 294 g/mol. The van der Waals surface area contributed by atoms with Crippen molar-refractivity contribution in [2.45, 2.75) is 6.92 Å². The summed E-state index contributed by atoms with van der Waals surface area (Å²) in [5, 5.41) is 2.79. The molecule has 0 saturated carbocycles. The zero-order valence-corrected chi connectivity index (χ0v) is 12.1. The van der Waals surface area contributed by atoms with Crippen molar-refractivity contribution in [1.82, 2.24) is 15.0 Å². The predicted octanol–water partition coefficient (Wildman–Crippen LogP) is 4.74. The van der Waals surface area contributed by atoms with E-state index in [1.165, 1.54) is 0 Å². The Kier molecular flexibility index (Phi) is 2.69. The lowest BCUT2D eigenvalue weighted by atomic mass is 10.0. The van der Waals surface area contributed by atoms with Crippen molar-refractivity contribution in [1.29, 1.82) is 0 Å². The molecular weight excluding hydrogens is 282 g/mol. The van der Waals surface area contributed by atoms with Gasteiger partial charge in [0, 0.05) is 34.4 Å². The molecule has 0 radical (unpaired) electrons. The Morgan fingerprint density at radius 3 is 2.81 bits per heavy atom. The number of H-pyrrole nitrogens is 1. The Balaban J connectivity index is 2.11. The second kappa shape index (κ2) is 4.57. The Bertz CT molecular complexity index is 972. The number of para-hydroxylation sites is 1. The van der Waals surface area contributed by atoms with Gasteiger partial charge in [-0.25, -0.2) is 4.98 Å². The van der Waals surface area contributed by atoms with Crippen LogP contribution < -0.4 is 0 Å². The van der Waals surface area contributed by atoms with Gasteiger partial charge in [0.05, 0.1) is 10.5 Å². The topological polar surface area (TPSA) is 41.6 Å². The van der Waals surface area contributed by atoms with Gasteiger partial charge in [0.1, 0.15) is 5.65 Å². The summed E-state index contributed by atoms with van der Waals surface area (Å²) >= 11 is 6.10. The molecule has 1 aromatic carbocycles. The normalized spacial score (nSPS) is 11.3. The zero-order valence-electron chi connectivity index (χ0n) is 11.4. The molecule has 4 aromatic rings. The van der Waals surface area contributed by atoms with Crippen molar-refractivity contribution in [2.75, 3.05) is 0 Å². The third-order valence-corrected chi connectivity index (χ3v) is 3.84. The van der Waals surface area contributed by atoms with Crippen LogP contribution in [-0.2, 0) is 0 Å². The number of hydrogen-bond acceptors (Lipinski definition) is 2. The first-order chi connectivity index (χ1) is 10.2. The van der Waals surface area contributed by atoms with Crippen molar-refractivity contribution in [3.8, 4) is 11.1 Å². The van der Waals surface area contributed by atoms with E-state index in [-0.39, 0.29) is 0 Å². The van der Waals surface area contributed by atoms with Gasteiger partial charge in [-0.1, -0.05) is 29.8 Å². The second-order valence-corrected chi connectivity index (χ2v) is 5.52. The minimum atomic E-state index is 0.637. The largest absolute Gasteiger partial charge is 0.346 e. The molecule has 1 N–H and O–H groups in total. The van der Waals surface area contributed by atoms with Crippen LogP contribution in [0.15, 0.2) is 48.8 Å². The highest BCUT2D eigenvalue weighted by Gasteiger charge is 2.11. The maximum Gasteiger partial charge on any atom is 0.137 e. The number of nitrogens with one attached hydrogen (secondary N) is 1. The van der Waals surface area contributed by atoms with Crippen LogP contribution in [0, 0.1) is 6.92 Å². The van der Waals surface area contributed by atoms with Gasteiger partial charge in [0.2, 0.25) is 0 Å². The van der Waals surface area contributed by atoms with E-state index in [4.69, 9.17) is 11.6 Å². The molecule has 0 bridgehead atoms. The first-order valence-electron chi connectivity index (χ1n) is 6.72. The van der Waals surface area contributed by atoms with Crippen molar-refractivity contribution in [3.63, 3.8) is 0 Å². The number of hydrogen-bond donors (Lipinski definition) is 1. The maximum absolute atomic E-state index is 6.10. The lowest BCUT2D eigenvalue weighted by Crippen LogP contribution is -1.87. The summed E-state index contributed by atoms with van der Waals surface area (Å²) in [5.41, 5.74) is 5.08. The van der Waals surface area contributed by atoms with Gasteiger partial charge < -0.3 is 4.98 Å². The first kappa shape index (κ1) is 12.4.